The minimum Gasteiger partial charge on any atom is -0.364 e. The summed E-state index contributed by atoms with van der Waals surface area (Å²) in [6, 6.07) is 5.67. The lowest BCUT2D eigenvalue weighted by Gasteiger charge is -2.24. The van der Waals surface area contributed by atoms with Crippen molar-refractivity contribution in [1.82, 2.24) is 10.3 Å². The fourth-order valence-corrected chi connectivity index (χ4v) is 5.41. The van der Waals surface area contributed by atoms with Crippen LogP contribution in [-0.2, 0) is 0 Å². The van der Waals surface area contributed by atoms with Crippen molar-refractivity contribution in [2.24, 2.45) is 15.7 Å². The molecule has 2 atom stereocenters. The van der Waals surface area contributed by atoms with Gasteiger partial charge in [0.1, 0.15) is 5.66 Å². The third-order valence-corrected chi connectivity index (χ3v) is 7.39. The van der Waals surface area contributed by atoms with E-state index in [0.717, 1.165) is 34.6 Å². The van der Waals surface area contributed by atoms with Crippen molar-refractivity contribution in [3.8, 4) is 0 Å². The van der Waals surface area contributed by atoms with Crippen LogP contribution in [0.5, 0.6) is 0 Å². The fraction of sp³-hybridized carbons (Fsp3) is 0.133. The highest BCUT2D eigenvalue weighted by molar-refractivity contribution is 6.35. The molecule has 4 aliphatic heterocycles. The highest BCUT2D eigenvalue weighted by atomic mass is 35.5. The molecule has 0 radical (unpaired) electrons. The number of halogens is 6. The van der Waals surface area contributed by atoms with Crippen molar-refractivity contribution in [3.63, 3.8) is 0 Å². The zero-order valence-corrected chi connectivity index (χ0v) is 22.6. The molecule has 208 valence electrons. The van der Waals surface area contributed by atoms with E-state index in [2.05, 4.69) is 20.3 Å². The number of hydrogen-bond donors (Lipinski definition) is 3. The predicted octanol–water partition coefficient (Wildman–Crippen LogP) is 5.63. The van der Waals surface area contributed by atoms with Crippen LogP contribution in [-0.4, -0.2) is 28.2 Å². The van der Waals surface area contributed by atoms with Gasteiger partial charge in [-0.3, -0.25) is 0 Å². The van der Waals surface area contributed by atoms with Crippen molar-refractivity contribution in [2.75, 3.05) is 0 Å². The van der Waals surface area contributed by atoms with Gasteiger partial charge in [-0.1, -0.05) is 41.4 Å². The number of nitrogens with zero attached hydrogens (tertiary/aromatic N) is 2. The summed E-state index contributed by atoms with van der Waals surface area (Å²) in [6.07, 6.45) is 12.5. The van der Waals surface area contributed by atoms with Gasteiger partial charge < -0.3 is 16.0 Å². The molecule has 6 rings (SSSR count). The number of rotatable bonds is 3. The zero-order chi connectivity index (χ0) is 28.9. The van der Waals surface area contributed by atoms with Gasteiger partial charge in [0.15, 0.2) is 5.82 Å². The van der Waals surface area contributed by atoms with Gasteiger partial charge in [-0.05, 0) is 72.4 Å². The molecular formula is C30H21Cl2F4N5. The Balaban J connectivity index is 1.48. The Morgan fingerprint density at radius 1 is 0.976 bits per heavy atom. The first-order valence-electron chi connectivity index (χ1n) is 12.5. The van der Waals surface area contributed by atoms with Crippen molar-refractivity contribution < 1.29 is 17.6 Å². The third-order valence-electron chi connectivity index (χ3n) is 6.84. The molecule has 0 saturated carbocycles. The minimum atomic E-state index is -4.72. The molecule has 5 heterocycles. The van der Waals surface area contributed by atoms with Gasteiger partial charge in [-0.2, -0.15) is 13.2 Å². The van der Waals surface area contributed by atoms with Crippen LogP contribution >= 0.6 is 23.2 Å². The number of fused-ring (bicyclic) bond motifs is 6. The predicted molar refractivity (Wildman–Crippen MR) is 154 cm³/mol. The summed E-state index contributed by atoms with van der Waals surface area (Å²) < 4.78 is 56.7. The Morgan fingerprint density at radius 3 is 2.32 bits per heavy atom. The number of allylic oxidation sites excluding steroid dienone is 6. The molecule has 2 aromatic rings. The second-order valence-corrected chi connectivity index (χ2v) is 10.7. The molecular weight excluding hydrogens is 577 g/mol. The lowest BCUT2D eigenvalue weighted by molar-refractivity contribution is -0.139. The van der Waals surface area contributed by atoms with E-state index in [0.29, 0.717) is 34.8 Å². The fourth-order valence-electron chi connectivity index (χ4n) is 4.91. The molecule has 1 aromatic heterocycles. The maximum absolute atomic E-state index is 14.3. The average molecular weight is 598 g/mol. The van der Waals surface area contributed by atoms with Crippen LogP contribution in [0.25, 0.3) is 12.2 Å². The quantitative estimate of drug-likeness (QED) is 0.317. The monoisotopic (exact) mass is 597 g/mol. The van der Waals surface area contributed by atoms with E-state index in [1.807, 2.05) is 42.5 Å². The molecule has 0 amide bonds. The van der Waals surface area contributed by atoms with Crippen molar-refractivity contribution in [3.05, 3.63) is 128 Å². The highest BCUT2D eigenvalue weighted by Gasteiger charge is 2.40. The van der Waals surface area contributed by atoms with E-state index in [1.54, 1.807) is 18.2 Å². The number of nitrogens with one attached hydrogen (secondary N) is 2. The van der Waals surface area contributed by atoms with E-state index in [4.69, 9.17) is 28.9 Å². The lowest BCUT2D eigenvalue weighted by atomic mass is 9.96. The van der Waals surface area contributed by atoms with Crippen LogP contribution in [0.15, 0.2) is 106 Å². The SMILES string of the molecule is NC12C=C3C=CC(=N3)C=c3ccc([nH]3)=CC3=N/C(=C(/C=CC(c4cc(Cl)c(F)c(Cl)c4)C(F)(F)F)C(=CC1)N2)C=C3. The van der Waals surface area contributed by atoms with Crippen LogP contribution in [0.3, 0.4) is 0 Å². The molecule has 41 heavy (non-hydrogen) atoms. The van der Waals surface area contributed by atoms with Crippen LogP contribution in [0.2, 0.25) is 10.0 Å². The van der Waals surface area contributed by atoms with Crippen LogP contribution in [0, 0.1) is 5.82 Å². The summed E-state index contributed by atoms with van der Waals surface area (Å²) in [6.45, 7) is 0. The topological polar surface area (TPSA) is 78.6 Å². The smallest absolute Gasteiger partial charge is 0.364 e. The molecule has 4 N–H and O–H groups in total. The maximum atomic E-state index is 14.3. The molecule has 8 bridgehead atoms. The second-order valence-electron chi connectivity index (χ2n) is 9.93. The molecule has 11 heteroatoms. The van der Waals surface area contributed by atoms with E-state index in [9.17, 15) is 17.6 Å². The number of aromatic amines is 1. The highest BCUT2D eigenvalue weighted by Crippen LogP contribution is 2.40. The zero-order valence-electron chi connectivity index (χ0n) is 21.1. The van der Waals surface area contributed by atoms with E-state index in [-0.39, 0.29) is 5.56 Å². The number of benzene rings is 1. The molecule has 5 nitrogen and oxygen atoms in total. The molecule has 0 aliphatic carbocycles. The first-order valence-corrected chi connectivity index (χ1v) is 13.3. The molecule has 0 spiro atoms. The van der Waals surface area contributed by atoms with Crippen molar-refractivity contribution in [2.45, 2.75) is 24.2 Å². The van der Waals surface area contributed by atoms with Gasteiger partial charge in [0.25, 0.3) is 0 Å². The average Bonchev–Trinajstić information content (AvgIpc) is 3.69. The van der Waals surface area contributed by atoms with Gasteiger partial charge in [-0.25, -0.2) is 14.4 Å². The molecule has 2 unspecified atom stereocenters. The van der Waals surface area contributed by atoms with Crippen molar-refractivity contribution in [1.29, 1.82) is 0 Å². The van der Waals surface area contributed by atoms with Gasteiger partial charge in [0, 0.05) is 28.4 Å². The Bertz CT molecular complexity index is 1810. The Morgan fingerprint density at radius 2 is 1.63 bits per heavy atom. The first kappa shape index (κ1) is 27.3. The number of hydrogen-bond acceptors (Lipinski definition) is 4. The number of alkyl halides is 3. The summed E-state index contributed by atoms with van der Waals surface area (Å²) in [5.41, 5.74) is 8.64. The largest absolute Gasteiger partial charge is 0.399 e. The number of aliphatic imine (C=N–C) groups is 2. The third kappa shape index (κ3) is 5.66. The van der Waals surface area contributed by atoms with Crippen molar-refractivity contribution >= 4 is 46.8 Å². The maximum Gasteiger partial charge on any atom is 0.399 e. The summed E-state index contributed by atoms with van der Waals surface area (Å²) in [7, 11) is 0. The molecule has 0 fully saturated rings. The van der Waals surface area contributed by atoms with Crippen LogP contribution in [0.1, 0.15) is 17.9 Å². The summed E-state index contributed by atoms with van der Waals surface area (Å²) >= 11 is 11.6. The van der Waals surface area contributed by atoms with Gasteiger partial charge in [0.2, 0.25) is 0 Å². The van der Waals surface area contributed by atoms with Gasteiger partial charge in [-0.15, -0.1) is 0 Å². The number of aromatic nitrogens is 1. The van der Waals surface area contributed by atoms with Crippen LogP contribution in [0.4, 0.5) is 17.6 Å². The Kier molecular flexibility index (Phi) is 6.76. The second kappa shape index (κ2) is 10.2. The number of nitrogens with two attached hydrogens (primary N) is 1. The van der Waals surface area contributed by atoms with Crippen LogP contribution < -0.4 is 21.7 Å². The molecule has 4 aliphatic rings. The first-order chi connectivity index (χ1) is 19.5. The normalized spacial score (nSPS) is 24.0. The standard InChI is InChI=1S/C30H21Cl2F4N5/c31-24-11-16(12-25(32)28(24)33)23(30(34,35)36)7-6-22-26-8-5-20(40-26)14-18-2-1-17(38-18)13-19-3-4-21(39-19)15-29(37)10-9-27(22)41-29/h1-9,11-15,23,38,41H,10,37H2/b7-6?,17-13?,18-14?,21-15?,26-22-. The minimum absolute atomic E-state index is 0.296. The van der Waals surface area contributed by atoms with E-state index >= 15 is 0 Å². The van der Waals surface area contributed by atoms with E-state index < -0.39 is 33.6 Å². The lowest BCUT2D eigenvalue weighted by Crippen LogP contribution is -2.48. The van der Waals surface area contributed by atoms with E-state index in [1.165, 1.54) is 6.08 Å². The van der Waals surface area contributed by atoms with Gasteiger partial charge >= 0.3 is 6.18 Å². The van der Waals surface area contributed by atoms with Gasteiger partial charge in [0.05, 0.1) is 38.8 Å². The summed E-state index contributed by atoms with van der Waals surface area (Å²) in [5.74, 6) is -3.10. The Hall–Kier alpha value is -3.92. The molecule has 0 saturated heterocycles. The summed E-state index contributed by atoms with van der Waals surface area (Å²) in [4.78, 5) is 12.6. The number of H-pyrrole nitrogens is 1. The molecule has 1 aromatic carbocycles. The summed E-state index contributed by atoms with van der Waals surface area (Å²) in [5, 5.41) is 3.89. The Labute approximate surface area is 241 Å².